The summed E-state index contributed by atoms with van der Waals surface area (Å²) in [6.45, 7) is 13.0. The summed E-state index contributed by atoms with van der Waals surface area (Å²) in [4.78, 5) is 26.2. The van der Waals surface area contributed by atoms with E-state index in [1.165, 1.54) is 12.0 Å². The first kappa shape index (κ1) is 20.7. The minimum Gasteiger partial charge on any atom is -0.464 e. The number of esters is 1. The van der Waals surface area contributed by atoms with Crippen LogP contribution < -0.4 is 0 Å². The molecule has 22 heavy (non-hydrogen) atoms. The van der Waals surface area contributed by atoms with E-state index in [0.717, 1.165) is 0 Å². The molecule has 0 saturated carbocycles. The smallest absolute Gasteiger partial charge is 0.413 e. The van der Waals surface area contributed by atoms with Gasteiger partial charge in [-0.05, 0) is 40.0 Å². The average molecular weight is 317 g/mol. The van der Waals surface area contributed by atoms with Crippen LogP contribution >= 0.6 is 0 Å². The van der Waals surface area contributed by atoms with Crippen LogP contribution in [0.25, 0.3) is 0 Å². The van der Waals surface area contributed by atoms with Crippen molar-refractivity contribution in [3.63, 3.8) is 0 Å². The summed E-state index contributed by atoms with van der Waals surface area (Å²) in [6.07, 6.45) is -0.202. The van der Waals surface area contributed by atoms with Crippen LogP contribution in [0.15, 0.2) is 0 Å². The second-order valence-corrected chi connectivity index (χ2v) is 6.95. The molecule has 0 aromatic heterocycles. The molecule has 0 saturated heterocycles. The van der Waals surface area contributed by atoms with Crippen LogP contribution in [0.4, 0.5) is 4.79 Å². The van der Waals surface area contributed by atoms with Crippen LogP contribution in [-0.4, -0.2) is 48.5 Å². The Balaban J connectivity index is 5.28. The van der Waals surface area contributed by atoms with Crippen LogP contribution in [0.3, 0.4) is 0 Å². The van der Waals surface area contributed by atoms with E-state index < -0.39 is 23.2 Å². The molecular formula is C16H31NO5. The lowest BCUT2D eigenvalue weighted by Crippen LogP contribution is -2.57. The van der Waals surface area contributed by atoms with Gasteiger partial charge in [-0.3, -0.25) is 4.90 Å². The predicted octanol–water partition coefficient (Wildman–Crippen LogP) is 3.20. The van der Waals surface area contributed by atoms with Crippen molar-refractivity contribution in [1.29, 1.82) is 0 Å². The molecule has 0 unspecified atom stereocenters. The van der Waals surface area contributed by atoms with Gasteiger partial charge < -0.3 is 14.2 Å². The first-order valence-corrected chi connectivity index (χ1v) is 7.64. The number of carbonyl (C=O) groups is 2. The van der Waals surface area contributed by atoms with Crippen molar-refractivity contribution in [2.75, 3.05) is 20.4 Å². The Hall–Kier alpha value is -1.30. The number of hydrogen-bond donors (Lipinski definition) is 0. The maximum Gasteiger partial charge on any atom is 0.413 e. The number of nitrogens with zero attached hydrogens (tertiary/aromatic N) is 1. The zero-order valence-corrected chi connectivity index (χ0v) is 15.2. The maximum atomic E-state index is 12.5. The van der Waals surface area contributed by atoms with Crippen LogP contribution in [0.1, 0.15) is 54.9 Å². The van der Waals surface area contributed by atoms with E-state index in [1.54, 1.807) is 27.7 Å². The summed E-state index contributed by atoms with van der Waals surface area (Å²) in [5, 5.41) is 0. The summed E-state index contributed by atoms with van der Waals surface area (Å²) in [6, 6.07) is 0. The number of hydrogen-bond acceptors (Lipinski definition) is 5. The van der Waals surface area contributed by atoms with Crippen molar-refractivity contribution in [3.8, 4) is 0 Å². The third-order valence-electron chi connectivity index (χ3n) is 3.14. The van der Waals surface area contributed by atoms with E-state index in [9.17, 15) is 9.59 Å². The molecule has 0 aliphatic carbocycles. The Bertz CT molecular complexity index is 375. The lowest BCUT2D eigenvalue weighted by Gasteiger charge is -2.38. The number of amides is 1. The highest BCUT2D eigenvalue weighted by Gasteiger charge is 2.44. The fourth-order valence-corrected chi connectivity index (χ4v) is 1.69. The molecular weight excluding hydrogens is 286 g/mol. The molecule has 0 aliphatic heterocycles. The third-order valence-corrected chi connectivity index (χ3v) is 3.14. The van der Waals surface area contributed by atoms with E-state index in [1.807, 2.05) is 20.8 Å². The first-order chi connectivity index (χ1) is 9.97. The summed E-state index contributed by atoms with van der Waals surface area (Å²) in [5.41, 5.74) is -1.78. The predicted molar refractivity (Wildman–Crippen MR) is 84.4 cm³/mol. The minimum absolute atomic E-state index is 0.0456. The Kier molecular flexibility index (Phi) is 7.87. The van der Waals surface area contributed by atoms with Gasteiger partial charge in [-0.1, -0.05) is 20.8 Å². The van der Waals surface area contributed by atoms with Gasteiger partial charge in [0.25, 0.3) is 0 Å². The lowest BCUT2D eigenvalue weighted by atomic mass is 9.97. The van der Waals surface area contributed by atoms with Gasteiger partial charge in [-0.15, -0.1) is 0 Å². The van der Waals surface area contributed by atoms with Crippen molar-refractivity contribution in [3.05, 3.63) is 0 Å². The molecule has 6 heteroatoms. The largest absolute Gasteiger partial charge is 0.464 e. The van der Waals surface area contributed by atoms with Gasteiger partial charge in [0.2, 0.25) is 0 Å². The molecule has 0 bridgehead atoms. The number of methoxy groups -OCH3 is 1. The molecule has 0 spiro atoms. The fraction of sp³-hybridized carbons (Fsp3) is 0.875. The monoisotopic (exact) mass is 317 g/mol. The van der Waals surface area contributed by atoms with Crippen LogP contribution in [0.2, 0.25) is 0 Å². The molecule has 0 heterocycles. The molecule has 0 fully saturated rings. The second-order valence-electron chi connectivity index (χ2n) is 6.95. The molecule has 0 radical (unpaired) electrons. The van der Waals surface area contributed by atoms with Crippen molar-refractivity contribution >= 4 is 12.1 Å². The van der Waals surface area contributed by atoms with E-state index in [4.69, 9.17) is 14.2 Å². The highest BCUT2D eigenvalue weighted by atomic mass is 16.6. The van der Waals surface area contributed by atoms with Gasteiger partial charge >= 0.3 is 12.1 Å². The van der Waals surface area contributed by atoms with Gasteiger partial charge in [0.05, 0.1) is 6.61 Å². The maximum absolute atomic E-state index is 12.5. The van der Waals surface area contributed by atoms with Gasteiger partial charge in [0.15, 0.2) is 0 Å². The molecule has 130 valence electrons. The van der Waals surface area contributed by atoms with E-state index in [0.29, 0.717) is 13.0 Å². The lowest BCUT2D eigenvalue weighted by molar-refractivity contribution is -0.161. The summed E-state index contributed by atoms with van der Waals surface area (Å²) >= 11 is 0. The number of ether oxygens (including phenoxy) is 3. The highest BCUT2D eigenvalue weighted by Crippen LogP contribution is 2.24. The molecule has 6 nitrogen and oxygen atoms in total. The second kappa shape index (κ2) is 8.36. The zero-order valence-electron chi connectivity index (χ0n) is 15.2. The minimum atomic E-state index is -1.13. The van der Waals surface area contributed by atoms with E-state index in [2.05, 4.69) is 0 Å². The SMILES string of the molecule is CC[C@@](C)(C(=O)OCC(C)C)N(COC)C(=O)OC(C)(C)C. The Morgan fingerprint density at radius 1 is 1.14 bits per heavy atom. The molecule has 0 aromatic carbocycles. The Morgan fingerprint density at radius 3 is 2.05 bits per heavy atom. The van der Waals surface area contributed by atoms with Gasteiger partial charge in [-0.25, -0.2) is 9.59 Å². The molecule has 0 N–H and O–H groups in total. The van der Waals surface area contributed by atoms with Crippen molar-refractivity contribution in [2.24, 2.45) is 5.92 Å². The molecule has 0 aromatic rings. The Morgan fingerprint density at radius 2 is 1.68 bits per heavy atom. The quantitative estimate of drug-likeness (QED) is 0.533. The number of rotatable bonds is 7. The number of carbonyl (C=O) groups excluding carboxylic acids is 2. The fourth-order valence-electron chi connectivity index (χ4n) is 1.69. The van der Waals surface area contributed by atoms with Crippen LogP contribution in [0.5, 0.6) is 0 Å². The topological polar surface area (TPSA) is 65.1 Å². The van der Waals surface area contributed by atoms with Gasteiger partial charge in [0.1, 0.15) is 17.9 Å². The molecule has 0 rings (SSSR count). The summed E-state index contributed by atoms with van der Waals surface area (Å²) in [5.74, 6) is -0.228. The van der Waals surface area contributed by atoms with Crippen LogP contribution in [0, 0.1) is 5.92 Å². The average Bonchev–Trinajstić information content (AvgIpc) is 2.39. The van der Waals surface area contributed by atoms with Crippen molar-refractivity contribution < 1.29 is 23.8 Å². The molecule has 0 aliphatic rings. The molecule has 1 atom stereocenters. The van der Waals surface area contributed by atoms with Gasteiger partial charge in [0, 0.05) is 7.11 Å². The van der Waals surface area contributed by atoms with E-state index in [-0.39, 0.29) is 12.6 Å². The summed E-state index contributed by atoms with van der Waals surface area (Å²) < 4.78 is 15.8. The van der Waals surface area contributed by atoms with Crippen molar-refractivity contribution in [1.82, 2.24) is 4.90 Å². The first-order valence-electron chi connectivity index (χ1n) is 7.64. The van der Waals surface area contributed by atoms with E-state index >= 15 is 0 Å². The molecule has 1 amide bonds. The Labute approximate surface area is 134 Å². The summed E-state index contributed by atoms with van der Waals surface area (Å²) in [7, 11) is 1.47. The normalized spacial score (nSPS) is 14.4. The highest BCUT2D eigenvalue weighted by molar-refractivity contribution is 5.85. The van der Waals surface area contributed by atoms with Gasteiger partial charge in [-0.2, -0.15) is 0 Å². The van der Waals surface area contributed by atoms with Crippen molar-refractivity contribution in [2.45, 2.75) is 66.0 Å². The third kappa shape index (κ3) is 6.22. The van der Waals surface area contributed by atoms with Crippen LogP contribution in [-0.2, 0) is 19.0 Å². The standard InChI is InChI=1S/C16H31NO5/c1-9-16(7,13(18)21-10-12(2)3)17(11-20-8)14(19)22-15(4,5)6/h12H,9-11H2,1-8H3/t16-/m0/s1. The zero-order chi connectivity index (χ0) is 17.6.